The highest BCUT2D eigenvalue weighted by molar-refractivity contribution is 5.91. The summed E-state index contributed by atoms with van der Waals surface area (Å²) in [4.78, 5) is 4.94. The van der Waals surface area contributed by atoms with Crippen molar-refractivity contribution in [3.63, 3.8) is 0 Å². The van der Waals surface area contributed by atoms with Crippen LogP contribution < -0.4 is 35.9 Å². The number of ether oxygens (including phenoxy) is 4. The Morgan fingerprint density at radius 3 is 2.73 bits per heavy atom. The van der Waals surface area contributed by atoms with E-state index >= 15 is 0 Å². The number of hydrogen-bond acceptors (Lipinski definition) is 5. The van der Waals surface area contributed by atoms with Gasteiger partial charge >= 0.3 is 0 Å². The van der Waals surface area contributed by atoms with Gasteiger partial charge in [0.15, 0.2) is 35.7 Å². The van der Waals surface area contributed by atoms with Crippen LogP contribution >= 0.6 is 0 Å². The zero-order chi connectivity index (χ0) is 26.3. The normalized spacial score (nSPS) is 13.2. The first-order chi connectivity index (χ1) is 19.2. The second-order valence-electron chi connectivity index (χ2n) is 10.2. The number of fused-ring (bicyclic) bond motifs is 6. The highest BCUT2D eigenvalue weighted by Crippen LogP contribution is 2.42. The molecule has 2 aliphatic heterocycles. The monoisotopic (exact) mass is 557 g/mol. The van der Waals surface area contributed by atoms with Crippen molar-refractivity contribution in [1.29, 1.82) is 0 Å². The SMILES string of the molecule is CCCCCn1c(COc2c(OC)ccc3cc4[n+](cc23)CCc2cc3c(cc2-4)OCO3)nc2ccccc21.[Cl-]. The Bertz CT molecular complexity index is 1710. The Morgan fingerprint density at radius 2 is 1.88 bits per heavy atom. The predicted molar refractivity (Wildman–Crippen MR) is 150 cm³/mol. The minimum Gasteiger partial charge on any atom is -1.00 e. The molecule has 2 aliphatic rings. The van der Waals surface area contributed by atoms with Crippen molar-refractivity contribution in [3.8, 4) is 34.3 Å². The molecular formula is C32H32ClN3O4. The molecule has 0 N–H and O–H groups in total. The zero-order valence-corrected chi connectivity index (χ0v) is 23.5. The van der Waals surface area contributed by atoms with E-state index in [2.05, 4.69) is 64.7 Å². The van der Waals surface area contributed by atoms with Gasteiger partial charge in [-0.1, -0.05) is 31.9 Å². The lowest BCUT2D eigenvalue weighted by Gasteiger charge is -2.18. The number of aromatic nitrogens is 3. The van der Waals surface area contributed by atoms with Gasteiger partial charge in [-0.2, -0.15) is 4.57 Å². The average molecular weight is 558 g/mol. The number of nitrogens with zero attached hydrogens (tertiary/aromatic N) is 3. The standard InChI is InChI=1S/C32H32N3O4.ClH/c1-3-4-7-13-35-26-9-6-5-8-25(26)33-31(35)19-37-32-24-18-34-14-12-22-16-29-30(39-20-38-29)17-23(22)27(34)15-21(24)10-11-28(32)36-2;/h5-6,8-11,15-18H,3-4,7,12-14,19-20H2,1-2H3;1H/q+1;/p-1. The maximum atomic E-state index is 6.57. The highest BCUT2D eigenvalue weighted by Gasteiger charge is 2.29. The number of rotatable bonds is 8. The first-order valence-corrected chi connectivity index (χ1v) is 13.8. The van der Waals surface area contributed by atoms with Crippen LogP contribution in [-0.2, 0) is 26.1 Å². The summed E-state index contributed by atoms with van der Waals surface area (Å²) in [6.07, 6.45) is 6.61. The molecule has 0 bridgehead atoms. The van der Waals surface area contributed by atoms with E-state index < -0.39 is 0 Å². The first kappa shape index (κ1) is 26.3. The van der Waals surface area contributed by atoms with Crippen LogP contribution in [0, 0.1) is 0 Å². The first-order valence-electron chi connectivity index (χ1n) is 13.8. The number of halogens is 1. The molecule has 2 aromatic heterocycles. The van der Waals surface area contributed by atoms with Gasteiger partial charge in [0.1, 0.15) is 12.4 Å². The summed E-state index contributed by atoms with van der Waals surface area (Å²) in [7, 11) is 1.69. The van der Waals surface area contributed by atoms with Crippen molar-refractivity contribution in [2.75, 3.05) is 13.9 Å². The van der Waals surface area contributed by atoms with Gasteiger partial charge in [-0.25, -0.2) is 4.98 Å². The lowest BCUT2D eigenvalue weighted by molar-refractivity contribution is -0.686. The smallest absolute Gasteiger partial charge is 0.231 e. The average Bonchev–Trinajstić information content (AvgIpc) is 3.57. The largest absolute Gasteiger partial charge is 1.00 e. The number of hydrogen-bond donors (Lipinski definition) is 0. The van der Waals surface area contributed by atoms with E-state index in [0.29, 0.717) is 6.61 Å². The van der Waals surface area contributed by atoms with Crippen molar-refractivity contribution in [3.05, 3.63) is 72.2 Å². The molecule has 7 rings (SSSR count). The third-order valence-corrected chi connectivity index (χ3v) is 7.86. The minimum atomic E-state index is 0. The number of pyridine rings is 1. The third-order valence-electron chi connectivity index (χ3n) is 7.86. The maximum absolute atomic E-state index is 6.57. The van der Waals surface area contributed by atoms with Crippen LogP contribution in [0.25, 0.3) is 33.1 Å². The van der Waals surface area contributed by atoms with Gasteiger partial charge < -0.3 is 35.9 Å². The fourth-order valence-corrected chi connectivity index (χ4v) is 5.85. The van der Waals surface area contributed by atoms with E-state index in [1.165, 1.54) is 24.0 Å². The molecule has 0 amide bonds. The molecule has 8 heteroatoms. The van der Waals surface area contributed by atoms with Crippen molar-refractivity contribution in [2.45, 2.75) is 52.3 Å². The fourth-order valence-electron chi connectivity index (χ4n) is 5.85. The van der Waals surface area contributed by atoms with Crippen molar-refractivity contribution < 1.29 is 35.9 Å². The van der Waals surface area contributed by atoms with Gasteiger partial charge in [0.2, 0.25) is 12.5 Å². The Morgan fingerprint density at radius 1 is 1.02 bits per heavy atom. The fraction of sp³-hybridized carbons (Fsp3) is 0.312. The summed E-state index contributed by atoms with van der Waals surface area (Å²) in [5, 5.41) is 2.12. The van der Waals surface area contributed by atoms with E-state index in [9.17, 15) is 0 Å². The van der Waals surface area contributed by atoms with Crippen LogP contribution in [0.1, 0.15) is 37.6 Å². The Kier molecular flexibility index (Phi) is 7.15. The van der Waals surface area contributed by atoms with Crippen LogP contribution in [0.15, 0.2) is 60.8 Å². The minimum absolute atomic E-state index is 0. The van der Waals surface area contributed by atoms with Gasteiger partial charge in [-0.05, 0) is 53.8 Å². The van der Waals surface area contributed by atoms with Gasteiger partial charge in [-0.15, -0.1) is 0 Å². The Hall–Kier alpha value is -3.97. The molecule has 0 unspecified atom stereocenters. The lowest BCUT2D eigenvalue weighted by Crippen LogP contribution is -3.00. The van der Waals surface area contributed by atoms with Crippen LogP contribution in [0.2, 0.25) is 0 Å². The summed E-state index contributed by atoms with van der Waals surface area (Å²) in [5.41, 5.74) is 5.79. The van der Waals surface area contributed by atoms with Gasteiger partial charge in [-0.3, -0.25) is 0 Å². The Balaban J connectivity index is 0.00000289. The lowest BCUT2D eigenvalue weighted by atomic mass is 9.95. The summed E-state index contributed by atoms with van der Waals surface area (Å²) < 4.78 is 28.2. The molecule has 0 radical (unpaired) electrons. The molecule has 0 atom stereocenters. The molecule has 0 saturated carbocycles. The molecule has 3 aromatic carbocycles. The molecular weight excluding hydrogens is 526 g/mol. The van der Waals surface area contributed by atoms with Crippen molar-refractivity contribution in [1.82, 2.24) is 9.55 Å². The molecule has 4 heterocycles. The van der Waals surface area contributed by atoms with E-state index in [-0.39, 0.29) is 19.2 Å². The summed E-state index contributed by atoms with van der Waals surface area (Å²) in [6.45, 7) is 4.68. The van der Waals surface area contributed by atoms with Crippen LogP contribution in [0.5, 0.6) is 23.0 Å². The van der Waals surface area contributed by atoms with E-state index in [0.717, 1.165) is 82.3 Å². The molecule has 206 valence electrons. The van der Waals surface area contributed by atoms with Gasteiger partial charge in [0, 0.05) is 19.0 Å². The summed E-state index contributed by atoms with van der Waals surface area (Å²) in [6, 6.07) is 18.9. The third kappa shape index (κ3) is 4.48. The number of para-hydroxylation sites is 2. The molecule has 0 spiro atoms. The predicted octanol–water partition coefficient (Wildman–Crippen LogP) is 3.21. The number of unbranched alkanes of at least 4 members (excludes halogenated alkanes) is 2. The van der Waals surface area contributed by atoms with Crippen LogP contribution in [0.3, 0.4) is 0 Å². The van der Waals surface area contributed by atoms with Crippen LogP contribution in [0.4, 0.5) is 0 Å². The number of methoxy groups -OCH3 is 1. The molecule has 40 heavy (non-hydrogen) atoms. The van der Waals surface area contributed by atoms with E-state index in [1.54, 1.807) is 7.11 Å². The van der Waals surface area contributed by atoms with Gasteiger partial charge in [0.05, 0.1) is 29.1 Å². The second kappa shape index (κ2) is 10.9. The summed E-state index contributed by atoms with van der Waals surface area (Å²) >= 11 is 0. The number of benzene rings is 3. The van der Waals surface area contributed by atoms with E-state index in [1.807, 2.05) is 12.1 Å². The Labute approximate surface area is 239 Å². The van der Waals surface area contributed by atoms with Crippen LogP contribution in [-0.4, -0.2) is 23.5 Å². The van der Waals surface area contributed by atoms with Gasteiger partial charge in [0.25, 0.3) is 0 Å². The highest BCUT2D eigenvalue weighted by atomic mass is 35.5. The maximum Gasteiger partial charge on any atom is 0.231 e. The zero-order valence-electron chi connectivity index (χ0n) is 22.8. The number of imidazole rings is 1. The number of aryl methyl sites for hydroxylation is 3. The molecule has 5 aromatic rings. The van der Waals surface area contributed by atoms with Crippen molar-refractivity contribution >= 4 is 21.8 Å². The molecule has 0 saturated heterocycles. The topological polar surface area (TPSA) is 58.6 Å². The van der Waals surface area contributed by atoms with Crippen molar-refractivity contribution in [2.24, 2.45) is 0 Å². The van der Waals surface area contributed by atoms with E-state index in [4.69, 9.17) is 23.9 Å². The molecule has 7 nitrogen and oxygen atoms in total. The molecule has 0 fully saturated rings. The molecule has 0 aliphatic carbocycles. The summed E-state index contributed by atoms with van der Waals surface area (Å²) in [5.74, 6) is 4.04. The quantitative estimate of drug-likeness (QED) is 0.217. The second-order valence-corrected chi connectivity index (χ2v) is 10.2.